The van der Waals surface area contributed by atoms with E-state index in [0.29, 0.717) is 11.1 Å². The fourth-order valence-electron chi connectivity index (χ4n) is 2.63. The average Bonchev–Trinajstić information content (AvgIpc) is 2.70. The Hall–Kier alpha value is -3.18. The van der Waals surface area contributed by atoms with Crippen LogP contribution in [0.1, 0.15) is 22.3 Å². The van der Waals surface area contributed by atoms with Gasteiger partial charge in [-0.2, -0.15) is 5.26 Å². The van der Waals surface area contributed by atoms with Gasteiger partial charge in [0.1, 0.15) is 11.8 Å². The zero-order valence-electron chi connectivity index (χ0n) is 15.2. The maximum Gasteiger partial charge on any atom is 0.251 e. The molecule has 0 heterocycles. The predicted molar refractivity (Wildman–Crippen MR) is 105 cm³/mol. The number of nitrogens with one attached hydrogen (secondary N) is 2. The highest BCUT2D eigenvalue weighted by molar-refractivity contribution is 7.92. The third-order valence-corrected chi connectivity index (χ3v) is 6.06. The summed E-state index contributed by atoms with van der Waals surface area (Å²) in [5.41, 5.74) is 1.01. The zero-order valence-corrected chi connectivity index (χ0v) is 16.0. The van der Waals surface area contributed by atoms with Crippen LogP contribution in [0.2, 0.25) is 0 Å². The number of amides is 2. The number of nitrogens with zero attached hydrogens (tertiary/aromatic N) is 1. The summed E-state index contributed by atoms with van der Waals surface area (Å²) in [5.74, 6) is -1.39. The predicted octanol–water partition coefficient (Wildman–Crippen LogP) is 1.43. The van der Waals surface area contributed by atoms with E-state index in [1.807, 2.05) is 0 Å². The number of sulfone groups is 1. The van der Waals surface area contributed by atoms with Gasteiger partial charge >= 0.3 is 0 Å². The van der Waals surface area contributed by atoms with Crippen LogP contribution in [-0.4, -0.2) is 38.6 Å². The van der Waals surface area contributed by atoms with Gasteiger partial charge in [0.25, 0.3) is 5.91 Å². The third-order valence-electron chi connectivity index (χ3n) is 4.01. The average molecular weight is 399 g/mol. The monoisotopic (exact) mass is 399 g/mol. The number of hydrogen-bond donors (Lipinski definition) is 2. The molecular formula is C20H21N3O4S. The summed E-state index contributed by atoms with van der Waals surface area (Å²) in [4.78, 5) is 24.4. The quantitative estimate of drug-likeness (QED) is 0.619. The number of benzene rings is 2. The van der Waals surface area contributed by atoms with Crippen molar-refractivity contribution in [1.82, 2.24) is 10.6 Å². The molecule has 2 aromatic rings. The standard InChI is InChI=1S/C20H21N3O4S/c21-12-14-23-20(25)18(28(26,27)15-16-7-3-1-4-8-16)11-13-22-19(24)17-9-5-2-6-10-17/h1-10,18H,11,13-15H2,(H,22,24)(H,23,25)/t18-/m0/s1. The van der Waals surface area contributed by atoms with Crippen LogP contribution >= 0.6 is 0 Å². The molecule has 0 radical (unpaired) electrons. The lowest BCUT2D eigenvalue weighted by molar-refractivity contribution is -0.120. The van der Waals surface area contributed by atoms with Crippen LogP contribution in [0.25, 0.3) is 0 Å². The van der Waals surface area contributed by atoms with E-state index >= 15 is 0 Å². The van der Waals surface area contributed by atoms with Crippen LogP contribution in [0.3, 0.4) is 0 Å². The number of rotatable bonds is 9. The van der Waals surface area contributed by atoms with Crippen molar-refractivity contribution in [1.29, 1.82) is 5.26 Å². The summed E-state index contributed by atoms with van der Waals surface area (Å²) in [6.07, 6.45) is -0.0923. The number of nitriles is 1. The molecule has 0 aliphatic rings. The molecule has 7 nitrogen and oxygen atoms in total. The molecule has 0 aromatic heterocycles. The topological polar surface area (TPSA) is 116 Å². The minimum Gasteiger partial charge on any atom is -0.352 e. The summed E-state index contributed by atoms with van der Waals surface area (Å²) in [5, 5.41) is 12.2. The Bertz CT molecular complexity index is 938. The molecule has 0 aliphatic heterocycles. The molecule has 0 saturated heterocycles. The van der Waals surface area contributed by atoms with Crippen LogP contribution in [0, 0.1) is 11.3 Å². The summed E-state index contributed by atoms with van der Waals surface area (Å²) in [6, 6.07) is 18.8. The van der Waals surface area contributed by atoms with Crippen molar-refractivity contribution in [3.8, 4) is 6.07 Å². The second kappa shape index (κ2) is 10.2. The van der Waals surface area contributed by atoms with Crippen LogP contribution in [0.15, 0.2) is 60.7 Å². The van der Waals surface area contributed by atoms with Crippen molar-refractivity contribution in [2.75, 3.05) is 13.1 Å². The minimum absolute atomic E-state index is 0.00634. The Morgan fingerprint density at radius 2 is 1.57 bits per heavy atom. The summed E-state index contributed by atoms with van der Waals surface area (Å²) < 4.78 is 25.6. The van der Waals surface area contributed by atoms with Crippen molar-refractivity contribution in [3.63, 3.8) is 0 Å². The fourth-order valence-corrected chi connectivity index (χ4v) is 4.37. The Morgan fingerprint density at radius 3 is 2.18 bits per heavy atom. The Kier molecular flexibility index (Phi) is 7.72. The van der Waals surface area contributed by atoms with E-state index in [0.717, 1.165) is 0 Å². The molecule has 0 saturated carbocycles. The van der Waals surface area contributed by atoms with Gasteiger partial charge in [0, 0.05) is 12.1 Å². The van der Waals surface area contributed by atoms with Gasteiger partial charge in [-0.1, -0.05) is 48.5 Å². The third kappa shape index (κ3) is 6.21. The summed E-state index contributed by atoms with van der Waals surface area (Å²) in [6.45, 7) is -0.279. The highest BCUT2D eigenvalue weighted by Crippen LogP contribution is 2.14. The molecule has 8 heteroatoms. The molecule has 0 aliphatic carbocycles. The fraction of sp³-hybridized carbons (Fsp3) is 0.250. The van der Waals surface area contributed by atoms with Gasteiger partial charge in [-0.05, 0) is 24.1 Å². The highest BCUT2D eigenvalue weighted by atomic mass is 32.2. The number of carbonyl (C=O) groups is 2. The normalized spacial score (nSPS) is 11.8. The van der Waals surface area contributed by atoms with Crippen LogP contribution < -0.4 is 10.6 Å². The van der Waals surface area contributed by atoms with Crippen molar-refractivity contribution < 1.29 is 18.0 Å². The van der Waals surface area contributed by atoms with Gasteiger partial charge in [-0.15, -0.1) is 0 Å². The number of hydrogen-bond acceptors (Lipinski definition) is 5. The van der Waals surface area contributed by atoms with E-state index in [1.165, 1.54) is 0 Å². The number of carbonyl (C=O) groups excluding carboxylic acids is 2. The molecule has 2 rings (SSSR count). The maximum absolute atomic E-state index is 12.8. The van der Waals surface area contributed by atoms with Crippen molar-refractivity contribution in [2.45, 2.75) is 17.4 Å². The van der Waals surface area contributed by atoms with Crippen LogP contribution in [-0.2, 0) is 20.4 Å². The lowest BCUT2D eigenvalue weighted by Gasteiger charge is -2.17. The first-order valence-electron chi connectivity index (χ1n) is 8.67. The molecule has 28 heavy (non-hydrogen) atoms. The Morgan fingerprint density at radius 1 is 0.964 bits per heavy atom. The second-order valence-electron chi connectivity index (χ2n) is 6.07. The Balaban J connectivity index is 2.07. The van der Waals surface area contributed by atoms with Gasteiger partial charge in [0.05, 0.1) is 11.8 Å². The SMILES string of the molecule is N#CCNC(=O)[C@H](CCNC(=O)c1ccccc1)S(=O)(=O)Cc1ccccc1. The maximum atomic E-state index is 12.8. The van der Waals surface area contributed by atoms with E-state index in [-0.39, 0.29) is 31.2 Å². The van der Waals surface area contributed by atoms with Crippen LogP contribution in [0.5, 0.6) is 0 Å². The van der Waals surface area contributed by atoms with Gasteiger partial charge in [-0.25, -0.2) is 8.42 Å². The second-order valence-corrected chi connectivity index (χ2v) is 8.25. The van der Waals surface area contributed by atoms with E-state index in [2.05, 4.69) is 10.6 Å². The first kappa shape index (κ1) is 21.1. The molecule has 0 unspecified atom stereocenters. The molecule has 146 valence electrons. The van der Waals surface area contributed by atoms with E-state index in [9.17, 15) is 18.0 Å². The largest absolute Gasteiger partial charge is 0.352 e. The van der Waals surface area contributed by atoms with Crippen molar-refractivity contribution in [3.05, 3.63) is 71.8 Å². The first-order chi connectivity index (χ1) is 13.4. The van der Waals surface area contributed by atoms with Gasteiger partial charge in [-0.3, -0.25) is 9.59 Å². The molecule has 0 fully saturated rings. The highest BCUT2D eigenvalue weighted by Gasteiger charge is 2.32. The summed E-state index contributed by atoms with van der Waals surface area (Å²) in [7, 11) is -3.84. The zero-order chi connectivity index (χ0) is 20.4. The summed E-state index contributed by atoms with van der Waals surface area (Å²) >= 11 is 0. The molecular weight excluding hydrogens is 378 g/mol. The van der Waals surface area contributed by atoms with Gasteiger partial charge in [0.15, 0.2) is 9.84 Å². The smallest absolute Gasteiger partial charge is 0.251 e. The molecule has 0 bridgehead atoms. The van der Waals surface area contributed by atoms with Gasteiger partial charge < -0.3 is 10.6 Å². The van der Waals surface area contributed by atoms with Crippen molar-refractivity contribution in [2.24, 2.45) is 0 Å². The lowest BCUT2D eigenvalue weighted by Crippen LogP contribution is -2.42. The first-order valence-corrected chi connectivity index (χ1v) is 10.4. The molecule has 0 spiro atoms. The molecule has 2 N–H and O–H groups in total. The van der Waals surface area contributed by atoms with E-state index in [1.54, 1.807) is 66.7 Å². The van der Waals surface area contributed by atoms with Crippen molar-refractivity contribution >= 4 is 21.7 Å². The lowest BCUT2D eigenvalue weighted by atomic mass is 10.2. The minimum atomic E-state index is -3.84. The van der Waals surface area contributed by atoms with E-state index in [4.69, 9.17) is 5.26 Å². The van der Waals surface area contributed by atoms with Gasteiger partial charge in [0.2, 0.25) is 5.91 Å². The van der Waals surface area contributed by atoms with E-state index < -0.39 is 21.0 Å². The molecule has 2 aromatic carbocycles. The molecule has 2 amide bonds. The Labute approximate surface area is 164 Å². The van der Waals surface area contributed by atoms with Crippen LogP contribution in [0.4, 0.5) is 0 Å². The molecule has 1 atom stereocenters.